The SMILES string of the molecule is Cc1sc(C(=O)O)cc1S(=O)(=O)N1CCNCC1. The van der Waals surface area contributed by atoms with Gasteiger partial charge < -0.3 is 10.4 Å². The molecular formula is C10H14N2O4S2. The molecule has 0 spiro atoms. The van der Waals surface area contributed by atoms with Gasteiger partial charge in [0.2, 0.25) is 10.0 Å². The third-order valence-corrected chi connectivity index (χ3v) is 5.97. The maximum absolute atomic E-state index is 12.4. The number of piperazine rings is 1. The average molecular weight is 290 g/mol. The van der Waals surface area contributed by atoms with E-state index in [2.05, 4.69) is 5.32 Å². The first-order chi connectivity index (χ1) is 8.43. The molecule has 0 saturated carbocycles. The van der Waals surface area contributed by atoms with Crippen molar-refractivity contribution in [2.75, 3.05) is 26.2 Å². The molecule has 1 aliphatic rings. The van der Waals surface area contributed by atoms with Gasteiger partial charge in [0.25, 0.3) is 0 Å². The van der Waals surface area contributed by atoms with Crippen molar-refractivity contribution in [3.8, 4) is 0 Å². The van der Waals surface area contributed by atoms with E-state index in [1.165, 1.54) is 10.4 Å². The normalized spacial score (nSPS) is 17.8. The minimum absolute atomic E-state index is 0.0567. The van der Waals surface area contributed by atoms with E-state index in [9.17, 15) is 13.2 Å². The molecule has 1 saturated heterocycles. The lowest BCUT2D eigenvalue weighted by molar-refractivity contribution is 0.0702. The summed E-state index contributed by atoms with van der Waals surface area (Å²) in [7, 11) is -3.56. The highest BCUT2D eigenvalue weighted by Crippen LogP contribution is 2.28. The van der Waals surface area contributed by atoms with Crippen LogP contribution >= 0.6 is 11.3 Å². The Kier molecular flexibility index (Phi) is 3.71. The van der Waals surface area contributed by atoms with Gasteiger partial charge in [-0.05, 0) is 13.0 Å². The molecule has 0 unspecified atom stereocenters. The summed E-state index contributed by atoms with van der Waals surface area (Å²) in [6, 6.07) is 1.25. The maximum atomic E-state index is 12.4. The molecule has 1 aromatic rings. The van der Waals surface area contributed by atoms with Crippen LogP contribution in [0.5, 0.6) is 0 Å². The molecule has 0 amide bonds. The number of nitrogens with zero attached hydrogens (tertiary/aromatic N) is 1. The van der Waals surface area contributed by atoms with Crippen molar-refractivity contribution in [2.45, 2.75) is 11.8 Å². The number of carbonyl (C=O) groups is 1. The van der Waals surface area contributed by atoms with Gasteiger partial charge in [0.1, 0.15) is 4.88 Å². The molecule has 2 rings (SSSR count). The number of carboxylic acids is 1. The highest BCUT2D eigenvalue weighted by molar-refractivity contribution is 7.89. The van der Waals surface area contributed by atoms with Crippen molar-refractivity contribution in [2.24, 2.45) is 0 Å². The van der Waals surface area contributed by atoms with Gasteiger partial charge in [0, 0.05) is 31.1 Å². The minimum Gasteiger partial charge on any atom is -0.477 e. The van der Waals surface area contributed by atoms with Gasteiger partial charge in [-0.1, -0.05) is 0 Å². The van der Waals surface area contributed by atoms with Crippen LogP contribution in [0.4, 0.5) is 0 Å². The predicted molar refractivity (Wildman–Crippen MR) is 67.6 cm³/mol. The zero-order chi connectivity index (χ0) is 13.3. The van der Waals surface area contributed by atoms with E-state index >= 15 is 0 Å². The van der Waals surface area contributed by atoms with E-state index in [0.29, 0.717) is 31.1 Å². The number of carboxylic acid groups (broad SMARTS) is 1. The highest BCUT2D eigenvalue weighted by atomic mass is 32.2. The van der Waals surface area contributed by atoms with Crippen molar-refractivity contribution < 1.29 is 18.3 Å². The number of hydrogen-bond donors (Lipinski definition) is 2. The number of aryl methyl sites for hydroxylation is 1. The molecule has 1 fully saturated rings. The molecule has 100 valence electrons. The molecular weight excluding hydrogens is 276 g/mol. The first-order valence-corrected chi connectivity index (χ1v) is 7.73. The topological polar surface area (TPSA) is 86.7 Å². The van der Waals surface area contributed by atoms with Gasteiger partial charge >= 0.3 is 5.97 Å². The Morgan fingerprint density at radius 3 is 2.56 bits per heavy atom. The Hall–Kier alpha value is -0.960. The van der Waals surface area contributed by atoms with Crippen LogP contribution in [0.1, 0.15) is 14.5 Å². The van der Waals surface area contributed by atoms with E-state index in [-0.39, 0.29) is 9.77 Å². The molecule has 1 aromatic heterocycles. The Labute approximate surface area is 109 Å². The monoisotopic (exact) mass is 290 g/mol. The summed E-state index contributed by atoms with van der Waals surface area (Å²) in [5.41, 5.74) is 0. The average Bonchev–Trinajstić information content (AvgIpc) is 2.73. The summed E-state index contributed by atoms with van der Waals surface area (Å²) in [5.74, 6) is -1.09. The molecule has 18 heavy (non-hydrogen) atoms. The van der Waals surface area contributed by atoms with E-state index < -0.39 is 16.0 Å². The quantitative estimate of drug-likeness (QED) is 0.839. The van der Waals surface area contributed by atoms with Crippen molar-refractivity contribution in [1.29, 1.82) is 0 Å². The van der Waals surface area contributed by atoms with Crippen molar-refractivity contribution in [3.63, 3.8) is 0 Å². The van der Waals surface area contributed by atoms with Crippen LogP contribution in [-0.2, 0) is 10.0 Å². The number of rotatable bonds is 3. The zero-order valence-electron chi connectivity index (χ0n) is 9.84. The third kappa shape index (κ3) is 2.41. The van der Waals surface area contributed by atoms with Crippen LogP contribution < -0.4 is 5.32 Å². The van der Waals surface area contributed by atoms with Crippen LogP contribution in [0, 0.1) is 6.92 Å². The third-order valence-electron chi connectivity index (χ3n) is 2.78. The van der Waals surface area contributed by atoms with Gasteiger partial charge in [-0.25, -0.2) is 13.2 Å². The van der Waals surface area contributed by atoms with Gasteiger partial charge in [-0.2, -0.15) is 4.31 Å². The summed E-state index contributed by atoms with van der Waals surface area (Å²) in [5, 5.41) is 12.0. The largest absolute Gasteiger partial charge is 0.477 e. The maximum Gasteiger partial charge on any atom is 0.345 e. The lowest BCUT2D eigenvalue weighted by Gasteiger charge is -2.26. The van der Waals surface area contributed by atoms with Gasteiger partial charge in [0.15, 0.2) is 0 Å². The Morgan fingerprint density at radius 2 is 2.06 bits per heavy atom. The second-order valence-corrected chi connectivity index (χ2v) is 7.15. The second kappa shape index (κ2) is 4.96. The lowest BCUT2D eigenvalue weighted by atomic mass is 10.4. The van der Waals surface area contributed by atoms with E-state index in [4.69, 9.17) is 5.11 Å². The van der Waals surface area contributed by atoms with Gasteiger partial charge in [-0.15, -0.1) is 11.3 Å². The van der Waals surface area contributed by atoms with Gasteiger partial charge in [-0.3, -0.25) is 0 Å². The molecule has 1 aliphatic heterocycles. The Bertz CT molecular complexity index is 558. The van der Waals surface area contributed by atoms with Crippen LogP contribution in [0.15, 0.2) is 11.0 Å². The first-order valence-electron chi connectivity index (χ1n) is 5.47. The Morgan fingerprint density at radius 1 is 1.44 bits per heavy atom. The summed E-state index contributed by atoms with van der Waals surface area (Å²) < 4.78 is 26.1. The number of aromatic carboxylic acids is 1. The molecule has 2 N–H and O–H groups in total. The fraction of sp³-hybridized carbons (Fsp3) is 0.500. The summed E-state index contributed by atoms with van der Waals surface area (Å²) >= 11 is 0.992. The minimum atomic E-state index is -3.56. The number of nitrogens with one attached hydrogen (secondary N) is 1. The smallest absolute Gasteiger partial charge is 0.345 e. The summed E-state index contributed by atoms with van der Waals surface area (Å²) in [6.45, 7) is 3.70. The summed E-state index contributed by atoms with van der Waals surface area (Å²) in [6.07, 6.45) is 0. The summed E-state index contributed by atoms with van der Waals surface area (Å²) in [4.78, 5) is 11.6. The van der Waals surface area contributed by atoms with Crippen LogP contribution in [0.2, 0.25) is 0 Å². The van der Waals surface area contributed by atoms with Crippen molar-refractivity contribution in [3.05, 3.63) is 15.8 Å². The van der Waals surface area contributed by atoms with Gasteiger partial charge in [0.05, 0.1) is 4.90 Å². The number of hydrogen-bond acceptors (Lipinski definition) is 5. The molecule has 2 heterocycles. The molecule has 0 radical (unpaired) electrons. The van der Waals surface area contributed by atoms with E-state index in [0.717, 1.165) is 11.3 Å². The number of sulfonamides is 1. The standard InChI is InChI=1S/C10H14N2O4S2/c1-7-9(6-8(17-7)10(13)14)18(15,16)12-4-2-11-3-5-12/h6,11H,2-5H2,1H3,(H,13,14). The van der Waals surface area contributed by atoms with Crippen molar-refractivity contribution >= 4 is 27.3 Å². The first kappa shape index (κ1) is 13.5. The van der Waals surface area contributed by atoms with Crippen LogP contribution in [0.25, 0.3) is 0 Å². The fourth-order valence-corrected chi connectivity index (χ4v) is 4.69. The molecule has 0 bridgehead atoms. The molecule has 0 aromatic carbocycles. The molecule has 0 aliphatic carbocycles. The lowest BCUT2D eigenvalue weighted by Crippen LogP contribution is -2.46. The molecule has 8 heteroatoms. The fourth-order valence-electron chi connectivity index (χ4n) is 1.85. The van der Waals surface area contributed by atoms with Crippen molar-refractivity contribution in [1.82, 2.24) is 9.62 Å². The van der Waals surface area contributed by atoms with E-state index in [1.807, 2.05) is 0 Å². The highest BCUT2D eigenvalue weighted by Gasteiger charge is 2.29. The molecule has 6 nitrogen and oxygen atoms in total. The zero-order valence-corrected chi connectivity index (χ0v) is 11.5. The Balaban J connectivity index is 2.37. The van der Waals surface area contributed by atoms with Crippen LogP contribution in [-0.4, -0.2) is 50.0 Å². The predicted octanol–water partition coefficient (Wildman–Crippen LogP) is 0.349. The number of thiophene rings is 1. The van der Waals surface area contributed by atoms with Crippen LogP contribution in [0.3, 0.4) is 0 Å². The molecule has 0 atom stereocenters. The van der Waals surface area contributed by atoms with E-state index in [1.54, 1.807) is 6.92 Å². The second-order valence-electron chi connectivity index (χ2n) is 3.99.